The van der Waals surface area contributed by atoms with E-state index in [1.54, 1.807) is 0 Å². The fourth-order valence-corrected chi connectivity index (χ4v) is 1.88. The summed E-state index contributed by atoms with van der Waals surface area (Å²) in [5.41, 5.74) is 0.210. The topological polar surface area (TPSA) is 67.3 Å². The Hall–Kier alpha value is -1.64. The van der Waals surface area contributed by atoms with Crippen molar-refractivity contribution in [1.82, 2.24) is 14.1 Å². The molecule has 2 aromatic rings. The Balaban J connectivity index is 1.71. The van der Waals surface area contributed by atoms with Gasteiger partial charge >= 0.3 is 0 Å². The molecule has 0 saturated carbocycles. The first kappa shape index (κ1) is 14.8. The van der Waals surface area contributed by atoms with Crippen molar-refractivity contribution in [2.24, 2.45) is 0 Å². The highest BCUT2D eigenvalue weighted by Crippen LogP contribution is 2.09. The molecule has 8 heteroatoms. The van der Waals surface area contributed by atoms with E-state index in [0.717, 1.165) is 29.9 Å². The Morgan fingerprint density at radius 3 is 3.00 bits per heavy atom. The highest BCUT2D eigenvalue weighted by molar-refractivity contribution is 6.99. The van der Waals surface area contributed by atoms with Crippen molar-refractivity contribution in [3.8, 4) is 5.88 Å². The van der Waals surface area contributed by atoms with Gasteiger partial charge in [-0.1, -0.05) is 0 Å². The van der Waals surface area contributed by atoms with Gasteiger partial charge in [0.2, 0.25) is 5.88 Å². The molecule has 0 saturated heterocycles. The standard InChI is InChI=1S/C12H13F2N3O2S/c13-9-1-2-11(14)8(3-9)4-15-5-10(18)7-19-12-6-16-20-17-12/h1-3,6,10,15,18H,4-5,7H2. The predicted octanol–water partition coefficient (Wildman–Crippen LogP) is 1.35. The maximum atomic E-state index is 13.3. The van der Waals surface area contributed by atoms with Crippen LogP contribution < -0.4 is 10.1 Å². The van der Waals surface area contributed by atoms with Gasteiger partial charge in [-0.05, 0) is 18.2 Å². The summed E-state index contributed by atoms with van der Waals surface area (Å²) < 4.78 is 39.0. The third-order valence-corrected chi connectivity index (χ3v) is 2.93. The number of nitrogens with zero attached hydrogens (tertiary/aromatic N) is 2. The second-order valence-corrected chi connectivity index (χ2v) is 4.63. The summed E-state index contributed by atoms with van der Waals surface area (Å²) >= 11 is 1.01. The zero-order valence-electron chi connectivity index (χ0n) is 10.4. The van der Waals surface area contributed by atoms with Crippen molar-refractivity contribution in [1.29, 1.82) is 0 Å². The van der Waals surface area contributed by atoms with Crippen molar-refractivity contribution in [2.45, 2.75) is 12.6 Å². The van der Waals surface area contributed by atoms with E-state index in [9.17, 15) is 13.9 Å². The van der Waals surface area contributed by atoms with Crippen LogP contribution in [0.25, 0.3) is 0 Å². The van der Waals surface area contributed by atoms with E-state index in [1.807, 2.05) is 0 Å². The molecule has 1 aromatic heterocycles. The van der Waals surface area contributed by atoms with Crippen LogP contribution in [0, 0.1) is 11.6 Å². The average molecular weight is 301 g/mol. The fraction of sp³-hybridized carbons (Fsp3) is 0.333. The van der Waals surface area contributed by atoms with E-state index in [1.165, 1.54) is 6.20 Å². The van der Waals surface area contributed by atoms with Gasteiger partial charge in [-0.15, -0.1) is 4.37 Å². The van der Waals surface area contributed by atoms with Gasteiger partial charge in [-0.25, -0.2) is 8.78 Å². The third-order valence-electron chi connectivity index (χ3n) is 2.47. The first-order chi connectivity index (χ1) is 9.65. The van der Waals surface area contributed by atoms with Gasteiger partial charge < -0.3 is 15.2 Å². The lowest BCUT2D eigenvalue weighted by Crippen LogP contribution is -2.31. The summed E-state index contributed by atoms with van der Waals surface area (Å²) in [6.45, 7) is 0.358. The number of nitrogens with one attached hydrogen (secondary N) is 1. The number of aliphatic hydroxyl groups excluding tert-OH is 1. The number of hydrogen-bond acceptors (Lipinski definition) is 6. The lowest BCUT2D eigenvalue weighted by molar-refractivity contribution is 0.104. The smallest absolute Gasteiger partial charge is 0.245 e. The van der Waals surface area contributed by atoms with Gasteiger partial charge in [-0.2, -0.15) is 4.37 Å². The van der Waals surface area contributed by atoms with Crippen LogP contribution in [-0.2, 0) is 6.54 Å². The van der Waals surface area contributed by atoms with E-state index in [0.29, 0.717) is 5.88 Å². The highest BCUT2D eigenvalue weighted by Gasteiger charge is 2.08. The van der Waals surface area contributed by atoms with Crippen LogP contribution in [0.5, 0.6) is 5.88 Å². The molecule has 0 radical (unpaired) electrons. The second kappa shape index (κ2) is 7.22. The Labute approximate surface area is 118 Å². The number of aliphatic hydroxyl groups is 1. The Morgan fingerprint density at radius 2 is 2.25 bits per heavy atom. The lowest BCUT2D eigenvalue weighted by Gasteiger charge is -2.12. The van der Waals surface area contributed by atoms with Gasteiger partial charge in [0.1, 0.15) is 30.5 Å². The van der Waals surface area contributed by atoms with Crippen LogP contribution in [0.2, 0.25) is 0 Å². The first-order valence-electron chi connectivity index (χ1n) is 5.88. The van der Waals surface area contributed by atoms with Crippen LogP contribution in [0.15, 0.2) is 24.4 Å². The van der Waals surface area contributed by atoms with Gasteiger partial charge in [0, 0.05) is 18.7 Å². The van der Waals surface area contributed by atoms with Crippen molar-refractivity contribution in [2.75, 3.05) is 13.2 Å². The van der Waals surface area contributed by atoms with E-state index >= 15 is 0 Å². The maximum Gasteiger partial charge on any atom is 0.245 e. The molecule has 2 N–H and O–H groups in total. The van der Waals surface area contributed by atoms with Crippen LogP contribution >= 0.6 is 11.7 Å². The highest BCUT2D eigenvalue weighted by atomic mass is 32.1. The van der Waals surface area contributed by atoms with Crippen LogP contribution in [0.1, 0.15) is 5.56 Å². The van der Waals surface area contributed by atoms with Gasteiger partial charge in [0.05, 0.1) is 11.7 Å². The molecule has 1 heterocycles. The average Bonchev–Trinajstić information content (AvgIpc) is 2.93. The summed E-state index contributed by atoms with van der Waals surface area (Å²) in [7, 11) is 0. The Bertz CT molecular complexity index is 540. The van der Waals surface area contributed by atoms with Gasteiger partial charge in [0.25, 0.3) is 0 Å². The molecule has 0 aliphatic carbocycles. The molecule has 0 bridgehead atoms. The number of halogens is 2. The van der Waals surface area contributed by atoms with Crippen molar-refractivity contribution in [3.63, 3.8) is 0 Å². The summed E-state index contributed by atoms with van der Waals surface area (Å²) in [6.07, 6.45) is 0.667. The molecule has 0 aliphatic rings. The minimum atomic E-state index is -0.784. The zero-order valence-corrected chi connectivity index (χ0v) is 11.2. The quantitative estimate of drug-likeness (QED) is 0.808. The number of benzene rings is 1. The van der Waals surface area contributed by atoms with Gasteiger partial charge in [-0.3, -0.25) is 0 Å². The normalized spacial score (nSPS) is 12.3. The lowest BCUT2D eigenvalue weighted by atomic mass is 10.2. The molecule has 108 valence electrons. The summed E-state index contributed by atoms with van der Waals surface area (Å²) in [4.78, 5) is 0. The molecule has 1 atom stereocenters. The predicted molar refractivity (Wildman–Crippen MR) is 69.5 cm³/mol. The van der Waals surface area contributed by atoms with Crippen molar-refractivity contribution >= 4 is 11.7 Å². The Kier molecular flexibility index (Phi) is 5.33. The third kappa shape index (κ3) is 4.48. The molecule has 1 unspecified atom stereocenters. The summed E-state index contributed by atoms with van der Waals surface area (Å²) in [5, 5.41) is 12.5. The van der Waals surface area contributed by atoms with E-state index in [2.05, 4.69) is 14.1 Å². The van der Waals surface area contributed by atoms with Crippen LogP contribution in [0.3, 0.4) is 0 Å². The van der Waals surface area contributed by atoms with E-state index in [-0.39, 0.29) is 25.3 Å². The second-order valence-electron chi connectivity index (χ2n) is 4.08. The summed E-state index contributed by atoms with van der Waals surface area (Å²) in [6, 6.07) is 3.25. The monoisotopic (exact) mass is 301 g/mol. The van der Waals surface area contributed by atoms with Gasteiger partial charge in [0.15, 0.2) is 0 Å². The van der Waals surface area contributed by atoms with Crippen molar-refractivity contribution < 1.29 is 18.6 Å². The number of hydrogen-bond donors (Lipinski definition) is 2. The number of rotatable bonds is 7. The molecule has 0 spiro atoms. The SMILES string of the molecule is OC(CNCc1cc(F)ccc1F)COc1cnsn1. The Morgan fingerprint density at radius 1 is 1.40 bits per heavy atom. The molecule has 0 amide bonds. The maximum absolute atomic E-state index is 13.3. The molecule has 1 aromatic carbocycles. The van der Waals surface area contributed by atoms with Crippen LogP contribution in [0.4, 0.5) is 8.78 Å². The molecule has 0 aliphatic heterocycles. The molecule has 20 heavy (non-hydrogen) atoms. The minimum Gasteiger partial charge on any atom is -0.473 e. The fourth-order valence-electron chi connectivity index (χ4n) is 1.51. The first-order valence-corrected chi connectivity index (χ1v) is 6.61. The largest absolute Gasteiger partial charge is 0.473 e. The number of aromatic nitrogens is 2. The van der Waals surface area contributed by atoms with E-state index < -0.39 is 17.7 Å². The van der Waals surface area contributed by atoms with Crippen molar-refractivity contribution in [3.05, 3.63) is 41.6 Å². The molecule has 0 fully saturated rings. The van der Waals surface area contributed by atoms with E-state index in [4.69, 9.17) is 4.74 Å². The minimum absolute atomic E-state index is 0.0457. The number of ether oxygens (including phenoxy) is 1. The molecule has 5 nitrogen and oxygen atoms in total. The van der Waals surface area contributed by atoms with Crippen LogP contribution in [-0.4, -0.2) is 33.1 Å². The molecular weight excluding hydrogens is 288 g/mol. The zero-order chi connectivity index (χ0) is 14.4. The summed E-state index contributed by atoms with van der Waals surface area (Å²) in [5.74, 6) is -0.633. The molecular formula is C12H13F2N3O2S. The molecule has 2 rings (SSSR count).